The highest BCUT2D eigenvalue weighted by atomic mass is 15.1. The van der Waals surface area contributed by atoms with E-state index in [0.717, 1.165) is 19.5 Å². The fourth-order valence-electron chi connectivity index (χ4n) is 2.82. The molecule has 0 rings (SSSR count). The minimum absolute atomic E-state index is 0.571. The minimum atomic E-state index is 0.571. The van der Waals surface area contributed by atoms with Gasteiger partial charge in [-0.3, -0.25) is 0 Å². The first kappa shape index (κ1) is 19.7. The second kappa shape index (κ2) is 11.3. The monoisotopic (exact) mass is 282 g/mol. The first-order valence-electron chi connectivity index (χ1n) is 8.60. The Bertz CT molecular complexity index is 250. The predicted molar refractivity (Wildman–Crippen MR) is 92.3 cm³/mol. The molecular weight excluding hydrogens is 244 g/mol. The Morgan fingerprint density at radius 1 is 1.20 bits per heavy atom. The Labute approximate surface area is 128 Å². The summed E-state index contributed by atoms with van der Waals surface area (Å²) < 4.78 is 0. The van der Waals surface area contributed by atoms with Crippen LogP contribution in [0.2, 0.25) is 0 Å². The van der Waals surface area contributed by atoms with Crippen molar-refractivity contribution in [2.24, 2.45) is 5.92 Å². The van der Waals surface area contributed by atoms with Gasteiger partial charge in [0.25, 0.3) is 0 Å². The van der Waals surface area contributed by atoms with Gasteiger partial charge >= 0.3 is 0 Å². The molecule has 1 N–H and O–H groups in total. The molecule has 2 heteroatoms. The number of nitrogens with zero attached hydrogens (tertiary/aromatic N) is 1. The van der Waals surface area contributed by atoms with Gasteiger partial charge in [-0.1, -0.05) is 52.7 Å². The molecule has 0 saturated heterocycles. The van der Waals surface area contributed by atoms with Crippen molar-refractivity contribution in [1.29, 1.82) is 0 Å². The van der Waals surface area contributed by atoms with Gasteiger partial charge in [0.2, 0.25) is 0 Å². The van der Waals surface area contributed by atoms with Crippen LogP contribution in [0.1, 0.15) is 66.7 Å². The topological polar surface area (TPSA) is 15.3 Å². The zero-order chi connectivity index (χ0) is 15.5. The van der Waals surface area contributed by atoms with E-state index in [4.69, 9.17) is 0 Å². The smallest absolute Gasteiger partial charge is 0.0127 e. The van der Waals surface area contributed by atoms with Crippen LogP contribution < -0.4 is 5.32 Å². The van der Waals surface area contributed by atoms with E-state index in [9.17, 15) is 0 Å². The Morgan fingerprint density at radius 2 is 1.85 bits per heavy atom. The fourth-order valence-corrected chi connectivity index (χ4v) is 2.82. The summed E-state index contributed by atoms with van der Waals surface area (Å²) in [5.74, 6) is 0.571. The Morgan fingerprint density at radius 3 is 2.30 bits per heavy atom. The number of hydrogen-bond acceptors (Lipinski definition) is 2. The molecule has 0 aromatic rings. The van der Waals surface area contributed by atoms with Gasteiger partial charge in [-0.05, 0) is 45.7 Å². The quantitative estimate of drug-likeness (QED) is 0.531. The third-order valence-corrected chi connectivity index (χ3v) is 4.83. The molecule has 0 aliphatic heterocycles. The number of nitrogens with one attached hydrogen (secondary N) is 1. The van der Waals surface area contributed by atoms with Crippen LogP contribution in [0, 0.1) is 5.92 Å². The Kier molecular flexibility index (Phi) is 11.1. The molecule has 0 fully saturated rings. The summed E-state index contributed by atoms with van der Waals surface area (Å²) in [6.45, 7) is 18.1. The summed E-state index contributed by atoms with van der Waals surface area (Å²) >= 11 is 0. The minimum Gasteiger partial charge on any atom is -0.316 e. The molecule has 2 unspecified atom stereocenters. The maximum atomic E-state index is 4.36. The van der Waals surface area contributed by atoms with Gasteiger partial charge in [-0.25, -0.2) is 0 Å². The lowest BCUT2D eigenvalue weighted by atomic mass is 9.89. The van der Waals surface area contributed by atoms with E-state index in [0.29, 0.717) is 18.0 Å². The van der Waals surface area contributed by atoms with E-state index in [1.165, 1.54) is 31.3 Å². The second-order valence-corrected chi connectivity index (χ2v) is 6.12. The highest BCUT2D eigenvalue weighted by Gasteiger charge is 2.18. The molecule has 0 radical (unpaired) electrons. The lowest BCUT2D eigenvalue weighted by Crippen LogP contribution is -2.36. The van der Waals surface area contributed by atoms with Gasteiger partial charge in [0.05, 0.1) is 0 Å². The van der Waals surface area contributed by atoms with Crippen molar-refractivity contribution < 1.29 is 0 Å². The SMILES string of the molecule is C=C(CCN(CC)C(C)CC)[C@@H](C)C(CCCC)NC. The molecule has 0 spiro atoms. The average molecular weight is 283 g/mol. The van der Waals surface area contributed by atoms with Crippen molar-refractivity contribution in [2.75, 3.05) is 20.1 Å². The van der Waals surface area contributed by atoms with Crippen LogP contribution in [0.25, 0.3) is 0 Å². The Balaban J connectivity index is 4.29. The summed E-state index contributed by atoms with van der Waals surface area (Å²) in [6, 6.07) is 1.27. The van der Waals surface area contributed by atoms with Crippen molar-refractivity contribution in [1.82, 2.24) is 10.2 Å². The molecule has 120 valence electrons. The van der Waals surface area contributed by atoms with Crippen molar-refractivity contribution in [3.05, 3.63) is 12.2 Å². The number of rotatable bonds is 12. The molecule has 2 nitrogen and oxygen atoms in total. The van der Waals surface area contributed by atoms with E-state index < -0.39 is 0 Å². The summed E-state index contributed by atoms with van der Waals surface area (Å²) in [5, 5.41) is 3.48. The predicted octanol–water partition coefficient (Wildman–Crippen LogP) is 4.47. The van der Waals surface area contributed by atoms with Gasteiger partial charge in [-0.15, -0.1) is 0 Å². The molecule has 0 saturated carbocycles. The van der Waals surface area contributed by atoms with E-state index in [-0.39, 0.29) is 0 Å². The summed E-state index contributed by atoms with van der Waals surface area (Å²) in [7, 11) is 2.08. The lowest BCUT2D eigenvalue weighted by molar-refractivity contribution is 0.214. The van der Waals surface area contributed by atoms with Gasteiger partial charge in [0.15, 0.2) is 0 Å². The molecule has 0 aliphatic rings. The van der Waals surface area contributed by atoms with Crippen LogP contribution in [0.5, 0.6) is 0 Å². The molecule has 0 aromatic carbocycles. The van der Waals surface area contributed by atoms with Crippen molar-refractivity contribution >= 4 is 0 Å². The molecule has 0 amide bonds. The van der Waals surface area contributed by atoms with E-state index in [1.807, 2.05) is 0 Å². The standard InChI is InChI=1S/C18H38N2/c1-8-11-12-18(19-7)17(6)15(4)13-14-20(10-3)16(5)9-2/h16-19H,4,8-14H2,1-3,5-7H3/t16?,17-,18?/m1/s1. The van der Waals surface area contributed by atoms with Crippen LogP contribution >= 0.6 is 0 Å². The highest BCUT2D eigenvalue weighted by Crippen LogP contribution is 2.21. The van der Waals surface area contributed by atoms with E-state index in [2.05, 4.69) is 58.5 Å². The second-order valence-electron chi connectivity index (χ2n) is 6.12. The van der Waals surface area contributed by atoms with Gasteiger partial charge < -0.3 is 10.2 Å². The average Bonchev–Trinajstić information content (AvgIpc) is 2.47. The molecule has 0 aromatic heterocycles. The van der Waals surface area contributed by atoms with Crippen LogP contribution in [-0.4, -0.2) is 37.1 Å². The van der Waals surface area contributed by atoms with Crippen LogP contribution in [0.3, 0.4) is 0 Å². The van der Waals surface area contributed by atoms with Crippen molar-refractivity contribution in [3.63, 3.8) is 0 Å². The zero-order valence-electron chi connectivity index (χ0n) is 14.8. The largest absolute Gasteiger partial charge is 0.316 e. The van der Waals surface area contributed by atoms with E-state index in [1.54, 1.807) is 0 Å². The Hall–Kier alpha value is -0.340. The highest BCUT2D eigenvalue weighted by molar-refractivity contribution is 5.03. The molecule has 0 bridgehead atoms. The maximum Gasteiger partial charge on any atom is 0.0127 e. The van der Waals surface area contributed by atoms with Crippen LogP contribution in [0.4, 0.5) is 0 Å². The number of unbranched alkanes of at least 4 members (excludes halogenated alkanes) is 1. The normalized spacial score (nSPS) is 16.1. The van der Waals surface area contributed by atoms with E-state index >= 15 is 0 Å². The van der Waals surface area contributed by atoms with Gasteiger partial charge in [0, 0.05) is 18.6 Å². The maximum absolute atomic E-state index is 4.36. The number of hydrogen-bond donors (Lipinski definition) is 1. The van der Waals surface area contributed by atoms with Gasteiger partial charge in [-0.2, -0.15) is 0 Å². The van der Waals surface area contributed by atoms with Crippen molar-refractivity contribution in [3.8, 4) is 0 Å². The molecule has 0 heterocycles. The molecule has 0 aliphatic carbocycles. The van der Waals surface area contributed by atoms with Gasteiger partial charge in [0.1, 0.15) is 0 Å². The molecular formula is C18H38N2. The summed E-state index contributed by atoms with van der Waals surface area (Å²) in [5.41, 5.74) is 1.40. The lowest BCUT2D eigenvalue weighted by Gasteiger charge is -2.30. The fraction of sp³-hybridized carbons (Fsp3) is 0.889. The third kappa shape index (κ3) is 6.90. The molecule has 20 heavy (non-hydrogen) atoms. The third-order valence-electron chi connectivity index (χ3n) is 4.83. The first-order valence-corrected chi connectivity index (χ1v) is 8.60. The summed E-state index contributed by atoms with van der Waals surface area (Å²) in [6.07, 6.45) is 6.19. The zero-order valence-corrected chi connectivity index (χ0v) is 14.8. The van der Waals surface area contributed by atoms with Crippen molar-refractivity contribution in [2.45, 2.75) is 78.8 Å². The van der Waals surface area contributed by atoms with Crippen LogP contribution in [-0.2, 0) is 0 Å². The first-order chi connectivity index (χ1) is 9.51. The molecule has 3 atom stereocenters. The van der Waals surface area contributed by atoms with Crippen LogP contribution in [0.15, 0.2) is 12.2 Å². The summed E-state index contributed by atoms with van der Waals surface area (Å²) in [4.78, 5) is 2.57.